The van der Waals surface area contributed by atoms with Crippen LogP contribution in [0.1, 0.15) is 59.4 Å². The maximum absolute atomic E-state index is 4.38. The lowest BCUT2D eigenvalue weighted by atomic mass is 9.86. The minimum atomic E-state index is -0.343. The molecular weight excluding hydrogens is 623 g/mol. The molecule has 2 aromatic heterocycles. The van der Waals surface area contributed by atoms with Crippen molar-refractivity contribution in [3.05, 3.63) is 149 Å². The first-order valence-electron chi connectivity index (χ1n) is 17.4. The highest BCUT2D eigenvalue weighted by molar-refractivity contribution is 5.47. The Kier molecular flexibility index (Phi) is 9.77. The largest absolute Gasteiger partial charge is 0.378 e. The van der Waals surface area contributed by atoms with E-state index >= 15 is 0 Å². The summed E-state index contributed by atoms with van der Waals surface area (Å²) in [5.41, 5.74) is 7.25. The Hall–Kier alpha value is -5.26. The van der Waals surface area contributed by atoms with Crippen molar-refractivity contribution in [2.45, 2.75) is 58.0 Å². The van der Waals surface area contributed by atoms with E-state index in [9.17, 15) is 0 Å². The summed E-state index contributed by atoms with van der Waals surface area (Å²) in [7, 11) is 4.11. The van der Waals surface area contributed by atoms with E-state index in [0.29, 0.717) is 0 Å². The summed E-state index contributed by atoms with van der Waals surface area (Å²) in [6, 6.07) is 38.8. The van der Waals surface area contributed by atoms with E-state index in [1.54, 1.807) is 0 Å². The van der Waals surface area contributed by atoms with Gasteiger partial charge in [0.25, 0.3) is 0 Å². The monoisotopic (exact) mass is 667 g/mol. The van der Waals surface area contributed by atoms with Crippen LogP contribution in [0, 0.1) is 0 Å². The molecule has 0 radical (unpaired) electrons. The van der Waals surface area contributed by atoms with Crippen LogP contribution in [0.15, 0.2) is 109 Å². The van der Waals surface area contributed by atoms with Crippen molar-refractivity contribution in [2.24, 2.45) is 0 Å². The molecule has 50 heavy (non-hydrogen) atoms. The number of fused-ring (bicyclic) bond motifs is 2. The molecule has 2 aliphatic heterocycles. The maximum atomic E-state index is 4.38. The summed E-state index contributed by atoms with van der Waals surface area (Å²) in [6.07, 6.45) is 1.04. The van der Waals surface area contributed by atoms with Crippen LogP contribution in [0.4, 0.5) is 5.69 Å². The third-order valence-electron chi connectivity index (χ3n) is 10.0. The van der Waals surface area contributed by atoms with E-state index in [-0.39, 0.29) is 11.6 Å². The lowest BCUT2D eigenvalue weighted by molar-refractivity contribution is 0.0833. The summed E-state index contributed by atoms with van der Waals surface area (Å²) in [5, 5.41) is 24.8. The van der Waals surface area contributed by atoms with Crippen LogP contribution in [0.3, 0.4) is 0 Å². The molecule has 0 saturated heterocycles. The third kappa shape index (κ3) is 6.79. The van der Waals surface area contributed by atoms with Gasteiger partial charge in [-0.05, 0) is 74.1 Å². The van der Waals surface area contributed by atoms with E-state index in [2.05, 4.69) is 183 Å². The second-order valence-corrected chi connectivity index (χ2v) is 13.4. The molecule has 11 heteroatoms. The zero-order valence-corrected chi connectivity index (χ0v) is 29.3. The molecule has 0 bridgehead atoms. The molecule has 4 heterocycles. The van der Waals surface area contributed by atoms with Crippen molar-refractivity contribution in [3.63, 3.8) is 0 Å². The van der Waals surface area contributed by atoms with Gasteiger partial charge in [0.2, 0.25) is 0 Å². The van der Waals surface area contributed by atoms with Gasteiger partial charge in [0, 0.05) is 46.0 Å². The van der Waals surface area contributed by atoms with Crippen molar-refractivity contribution in [1.29, 1.82) is 0 Å². The van der Waals surface area contributed by atoms with Crippen molar-refractivity contribution in [3.8, 4) is 0 Å². The van der Waals surface area contributed by atoms with Crippen LogP contribution in [-0.4, -0.2) is 77.4 Å². The number of aromatic nitrogens is 8. The predicted octanol–water partition coefficient (Wildman–Crippen LogP) is 5.36. The Labute approximate surface area is 294 Å². The maximum Gasteiger partial charge on any atom is 0.176 e. The molecule has 6 aromatic rings. The molecule has 0 saturated carbocycles. The first-order chi connectivity index (χ1) is 24.4. The summed E-state index contributed by atoms with van der Waals surface area (Å²) >= 11 is 0. The first-order valence-corrected chi connectivity index (χ1v) is 17.4. The topological polar surface area (TPSA) is 96.9 Å². The molecule has 1 unspecified atom stereocenters. The van der Waals surface area contributed by atoms with Crippen LogP contribution in [0.2, 0.25) is 0 Å². The van der Waals surface area contributed by atoms with E-state index in [1.165, 1.54) is 33.5 Å². The Morgan fingerprint density at radius 2 is 1.28 bits per heavy atom. The van der Waals surface area contributed by atoms with Crippen LogP contribution in [0.5, 0.6) is 0 Å². The van der Waals surface area contributed by atoms with Gasteiger partial charge in [-0.25, -0.2) is 9.36 Å². The van der Waals surface area contributed by atoms with E-state index in [0.717, 1.165) is 57.3 Å². The summed E-state index contributed by atoms with van der Waals surface area (Å²) in [4.78, 5) is 7.04. The highest BCUT2D eigenvalue weighted by atomic mass is 15.6. The molecule has 0 spiro atoms. The third-order valence-corrected chi connectivity index (χ3v) is 10.0. The van der Waals surface area contributed by atoms with Gasteiger partial charge in [-0.1, -0.05) is 104 Å². The second kappa shape index (κ2) is 14.7. The Bertz CT molecular complexity index is 1950. The second-order valence-electron chi connectivity index (χ2n) is 13.4. The van der Waals surface area contributed by atoms with Crippen LogP contribution in [0.25, 0.3) is 0 Å². The molecule has 0 amide bonds. The lowest BCUT2D eigenvalue weighted by Crippen LogP contribution is -2.51. The minimum absolute atomic E-state index is 0.0696. The van der Waals surface area contributed by atoms with E-state index in [1.807, 2.05) is 9.36 Å². The van der Waals surface area contributed by atoms with Gasteiger partial charge >= 0.3 is 0 Å². The Morgan fingerprint density at radius 3 is 1.94 bits per heavy atom. The molecular formula is C39H45N11. The molecule has 4 aromatic carbocycles. The molecule has 0 fully saturated rings. The van der Waals surface area contributed by atoms with Crippen LogP contribution < -0.4 is 4.90 Å². The van der Waals surface area contributed by atoms with Crippen molar-refractivity contribution >= 4 is 5.69 Å². The predicted molar refractivity (Wildman–Crippen MR) is 194 cm³/mol. The first kappa shape index (κ1) is 33.2. The zero-order chi connectivity index (χ0) is 34.5. The number of benzene rings is 4. The SMILES string of the molecule is CCc1ccc([C@]2(C)c3nnnn3CCN2Cc2ccccc2)cc1.CN(C)c1ccc(C2c3nnnn3CCN2Cc2ccccc2)cc1. The molecule has 0 aliphatic carbocycles. The standard InChI is InChI=1S/C20H23N5.C19H22N6/c1-3-16-9-11-18(12-10-16)20(2)19-21-22-23-25(19)14-13-24(20)15-17-7-5-4-6-8-17;1-23(2)17-10-8-16(9-11-17)18-19-20-21-22-25(19)13-12-24(18)14-15-6-4-3-5-7-15/h4-12H,3,13-15H2,1-2H3;3-11,18H,12-14H2,1-2H3/t20-;/m1./s1. The highest BCUT2D eigenvalue weighted by Gasteiger charge is 2.43. The van der Waals surface area contributed by atoms with Gasteiger partial charge in [-0.15, -0.1) is 10.2 Å². The number of hydrogen-bond donors (Lipinski definition) is 0. The molecule has 0 N–H and O–H groups in total. The number of rotatable bonds is 8. The fourth-order valence-electron chi connectivity index (χ4n) is 7.09. The van der Waals surface area contributed by atoms with E-state index < -0.39 is 0 Å². The lowest BCUT2D eigenvalue weighted by Gasteiger charge is -2.43. The summed E-state index contributed by atoms with van der Waals surface area (Å²) in [6.45, 7) is 9.65. The van der Waals surface area contributed by atoms with Gasteiger partial charge in [-0.3, -0.25) is 9.80 Å². The van der Waals surface area contributed by atoms with E-state index in [4.69, 9.17) is 0 Å². The fourth-order valence-corrected chi connectivity index (χ4v) is 7.09. The van der Waals surface area contributed by atoms with Gasteiger partial charge in [0.05, 0.1) is 19.1 Å². The van der Waals surface area contributed by atoms with Crippen molar-refractivity contribution in [1.82, 2.24) is 50.2 Å². The Morgan fingerprint density at radius 1 is 0.660 bits per heavy atom. The number of hydrogen-bond acceptors (Lipinski definition) is 9. The number of aryl methyl sites for hydroxylation is 1. The van der Waals surface area contributed by atoms with Crippen LogP contribution >= 0.6 is 0 Å². The number of anilines is 1. The van der Waals surface area contributed by atoms with Crippen molar-refractivity contribution < 1.29 is 0 Å². The highest BCUT2D eigenvalue weighted by Crippen LogP contribution is 2.38. The molecule has 11 nitrogen and oxygen atoms in total. The van der Waals surface area contributed by atoms with Crippen molar-refractivity contribution in [2.75, 3.05) is 32.1 Å². The quantitative estimate of drug-likeness (QED) is 0.213. The summed E-state index contributed by atoms with van der Waals surface area (Å²) in [5.74, 6) is 1.83. The van der Waals surface area contributed by atoms with Gasteiger partial charge in [-0.2, -0.15) is 0 Å². The smallest absolute Gasteiger partial charge is 0.176 e. The number of nitrogens with zero attached hydrogens (tertiary/aromatic N) is 11. The Balaban J connectivity index is 0.000000157. The molecule has 256 valence electrons. The molecule has 8 rings (SSSR count). The van der Waals surface area contributed by atoms with Gasteiger partial charge < -0.3 is 4.90 Å². The molecule has 2 aliphatic rings. The van der Waals surface area contributed by atoms with Gasteiger partial charge in [0.15, 0.2) is 11.6 Å². The molecule has 2 atom stereocenters. The summed E-state index contributed by atoms with van der Waals surface area (Å²) < 4.78 is 3.86. The zero-order valence-electron chi connectivity index (χ0n) is 29.3. The fraction of sp³-hybridized carbons (Fsp3) is 0.333. The van der Waals surface area contributed by atoms with Gasteiger partial charge in [0.1, 0.15) is 5.54 Å². The van der Waals surface area contributed by atoms with Crippen LogP contribution in [-0.2, 0) is 38.1 Å². The average Bonchev–Trinajstić information content (AvgIpc) is 3.85. The number of tetrazole rings is 2. The minimum Gasteiger partial charge on any atom is -0.378 e. The average molecular weight is 668 g/mol. The normalized spacial score (nSPS) is 18.8.